The molecule has 4 amide bonds. The third kappa shape index (κ3) is 10.4. The number of amides is 4. The van der Waals surface area contributed by atoms with E-state index in [1.807, 2.05) is 64.1 Å². The molecular formula is C40H41F3N4O6. The summed E-state index contributed by atoms with van der Waals surface area (Å²) >= 11 is 0. The van der Waals surface area contributed by atoms with Gasteiger partial charge >= 0.3 is 18.4 Å². The molecule has 4 aromatic carbocycles. The Hall–Kier alpha value is -5.85. The molecule has 0 radical (unpaired) electrons. The highest BCUT2D eigenvalue weighted by Gasteiger charge is 2.33. The summed E-state index contributed by atoms with van der Waals surface area (Å²) in [5.74, 6) is -0.145. The van der Waals surface area contributed by atoms with Gasteiger partial charge < -0.3 is 20.1 Å². The molecule has 2 aliphatic heterocycles. The Bertz CT molecular complexity index is 1980. The van der Waals surface area contributed by atoms with Crippen molar-refractivity contribution < 1.29 is 41.8 Å². The molecule has 2 aliphatic rings. The van der Waals surface area contributed by atoms with Crippen molar-refractivity contribution in [2.75, 3.05) is 27.9 Å². The minimum absolute atomic E-state index is 0.0110. The highest BCUT2D eigenvalue weighted by Crippen LogP contribution is 2.39. The van der Waals surface area contributed by atoms with Crippen LogP contribution >= 0.6 is 0 Å². The zero-order valence-electron chi connectivity index (χ0n) is 29.8. The molecule has 0 aromatic heterocycles. The first-order valence-corrected chi connectivity index (χ1v) is 17.0. The minimum atomic E-state index is -4.46. The SMILES string of the molecule is CC1(C)CC(=O)Nc2cc(NC(=O)OCCCc3ccccc3)ccc21.CC1(C)CC(=O)Nc2cc(NC(=O)Oc3ccc(C(F)(F)F)cc3)ccc21. The summed E-state index contributed by atoms with van der Waals surface area (Å²) in [4.78, 5) is 47.6. The van der Waals surface area contributed by atoms with Gasteiger partial charge in [-0.1, -0.05) is 70.2 Å². The normalized spacial score (nSPS) is 15.2. The van der Waals surface area contributed by atoms with E-state index >= 15 is 0 Å². The molecular weight excluding hydrogens is 689 g/mol. The smallest absolute Gasteiger partial charge is 0.417 e. The molecule has 2 heterocycles. The molecule has 0 fully saturated rings. The van der Waals surface area contributed by atoms with Crippen LogP contribution < -0.4 is 26.0 Å². The van der Waals surface area contributed by atoms with Crippen LogP contribution in [0.1, 0.15) is 69.2 Å². The molecule has 0 saturated heterocycles. The van der Waals surface area contributed by atoms with Crippen molar-refractivity contribution in [1.82, 2.24) is 0 Å². The van der Waals surface area contributed by atoms with Gasteiger partial charge in [-0.05, 0) is 78.1 Å². The second-order valence-corrected chi connectivity index (χ2v) is 14.1. The minimum Gasteiger partial charge on any atom is -0.449 e. The topological polar surface area (TPSA) is 135 Å². The molecule has 278 valence electrons. The predicted octanol–water partition coefficient (Wildman–Crippen LogP) is 9.42. The van der Waals surface area contributed by atoms with E-state index in [-0.39, 0.29) is 28.4 Å². The summed E-state index contributed by atoms with van der Waals surface area (Å²) in [5.41, 5.74) is 4.22. The van der Waals surface area contributed by atoms with Gasteiger partial charge in [-0.2, -0.15) is 13.2 Å². The Balaban J connectivity index is 0.000000204. The lowest BCUT2D eigenvalue weighted by molar-refractivity contribution is -0.137. The van der Waals surface area contributed by atoms with Crippen molar-refractivity contribution >= 4 is 46.8 Å². The van der Waals surface area contributed by atoms with Gasteiger partial charge in [0.25, 0.3) is 0 Å². The van der Waals surface area contributed by atoms with E-state index in [1.54, 1.807) is 18.2 Å². The lowest BCUT2D eigenvalue weighted by Gasteiger charge is -2.32. The summed E-state index contributed by atoms with van der Waals surface area (Å²) < 4.78 is 47.8. The number of carbonyl (C=O) groups excluding carboxylic acids is 4. The van der Waals surface area contributed by atoms with E-state index in [4.69, 9.17) is 9.47 Å². The quantitative estimate of drug-likeness (QED) is 0.140. The number of halogens is 3. The van der Waals surface area contributed by atoms with Crippen LogP contribution in [0.15, 0.2) is 91.0 Å². The van der Waals surface area contributed by atoms with Gasteiger partial charge in [-0.15, -0.1) is 0 Å². The number of fused-ring (bicyclic) bond motifs is 2. The van der Waals surface area contributed by atoms with Crippen LogP contribution in [0.5, 0.6) is 5.75 Å². The Labute approximate surface area is 305 Å². The highest BCUT2D eigenvalue weighted by atomic mass is 19.4. The number of ether oxygens (including phenoxy) is 2. The molecule has 6 rings (SSSR count). The van der Waals surface area contributed by atoms with Crippen molar-refractivity contribution in [3.8, 4) is 5.75 Å². The van der Waals surface area contributed by atoms with E-state index in [9.17, 15) is 32.3 Å². The maximum atomic E-state index is 12.5. The van der Waals surface area contributed by atoms with Gasteiger partial charge in [0.2, 0.25) is 11.8 Å². The molecule has 13 heteroatoms. The maximum Gasteiger partial charge on any atom is 0.417 e. The number of benzene rings is 4. The zero-order valence-corrected chi connectivity index (χ0v) is 29.8. The number of anilines is 4. The van der Waals surface area contributed by atoms with E-state index in [0.29, 0.717) is 36.5 Å². The maximum absolute atomic E-state index is 12.5. The fourth-order valence-corrected chi connectivity index (χ4v) is 6.22. The van der Waals surface area contributed by atoms with Gasteiger partial charge in [0.15, 0.2) is 0 Å². The summed E-state index contributed by atoms with van der Waals surface area (Å²) in [5, 5.41) is 10.8. The van der Waals surface area contributed by atoms with Crippen molar-refractivity contribution in [2.24, 2.45) is 0 Å². The largest absolute Gasteiger partial charge is 0.449 e. The highest BCUT2D eigenvalue weighted by molar-refractivity contribution is 5.98. The van der Waals surface area contributed by atoms with E-state index in [1.165, 1.54) is 5.56 Å². The molecule has 0 unspecified atom stereocenters. The number of alkyl halides is 3. The molecule has 10 nitrogen and oxygen atoms in total. The first-order chi connectivity index (χ1) is 25.0. The van der Waals surface area contributed by atoms with Gasteiger partial charge in [0.05, 0.1) is 12.2 Å². The summed E-state index contributed by atoms with van der Waals surface area (Å²) in [6.45, 7) is 8.35. The van der Waals surface area contributed by atoms with Gasteiger partial charge in [0.1, 0.15) is 5.75 Å². The van der Waals surface area contributed by atoms with Crippen LogP contribution in [0.4, 0.5) is 45.5 Å². The van der Waals surface area contributed by atoms with Crippen LogP contribution in [-0.4, -0.2) is 30.6 Å². The summed E-state index contributed by atoms with van der Waals surface area (Å²) in [6, 6.07) is 24.5. The average Bonchev–Trinajstić information content (AvgIpc) is 3.06. The van der Waals surface area contributed by atoms with Crippen molar-refractivity contribution in [3.63, 3.8) is 0 Å². The van der Waals surface area contributed by atoms with Crippen molar-refractivity contribution in [1.29, 1.82) is 0 Å². The second-order valence-electron chi connectivity index (χ2n) is 14.1. The van der Waals surface area contributed by atoms with Crippen LogP contribution in [-0.2, 0) is 37.8 Å². The lowest BCUT2D eigenvalue weighted by atomic mass is 9.78. The molecule has 0 aliphatic carbocycles. The number of hydrogen-bond acceptors (Lipinski definition) is 6. The standard InChI is InChI=1S/C21H24N2O3.C19H17F3N2O3/c1-21(2)14-19(24)23-18-13-16(10-11-17(18)21)22-20(25)26-12-6-9-15-7-4-3-5-8-15;1-18(2)10-16(25)24-15-9-12(5-8-14(15)18)23-17(26)27-13-6-3-11(4-7-13)19(20,21)22/h3-5,7-8,10-11,13H,6,9,12,14H2,1-2H3,(H,22,25)(H,23,24);3-9H,10H2,1-2H3,(H,23,26)(H,24,25). The van der Waals surface area contributed by atoms with Crippen LogP contribution in [0.25, 0.3) is 0 Å². The fourth-order valence-electron chi connectivity index (χ4n) is 6.22. The third-order valence-corrected chi connectivity index (χ3v) is 8.82. The lowest BCUT2D eigenvalue weighted by Crippen LogP contribution is -2.32. The Morgan fingerprint density at radius 3 is 1.74 bits per heavy atom. The Morgan fingerprint density at radius 2 is 1.23 bits per heavy atom. The number of carbonyl (C=O) groups is 4. The average molecular weight is 731 g/mol. The van der Waals surface area contributed by atoms with Gasteiger partial charge in [-0.3, -0.25) is 20.2 Å². The van der Waals surface area contributed by atoms with Crippen LogP contribution in [0.3, 0.4) is 0 Å². The molecule has 4 N–H and O–H groups in total. The first kappa shape index (κ1) is 38.4. The summed E-state index contributed by atoms with van der Waals surface area (Å²) in [6.07, 6.45) is -3.34. The zero-order chi connectivity index (χ0) is 38.4. The number of aryl methyl sites for hydroxylation is 1. The van der Waals surface area contributed by atoms with Gasteiger partial charge in [0, 0.05) is 46.4 Å². The third-order valence-electron chi connectivity index (χ3n) is 8.82. The number of hydrogen-bond donors (Lipinski definition) is 4. The molecule has 4 aromatic rings. The summed E-state index contributed by atoms with van der Waals surface area (Å²) in [7, 11) is 0. The molecule has 53 heavy (non-hydrogen) atoms. The Morgan fingerprint density at radius 1 is 0.717 bits per heavy atom. The van der Waals surface area contributed by atoms with E-state index in [2.05, 4.69) is 33.4 Å². The van der Waals surface area contributed by atoms with E-state index in [0.717, 1.165) is 53.9 Å². The molecule has 0 spiro atoms. The molecule has 0 bridgehead atoms. The number of nitrogens with one attached hydrogen (secondary N) is 4. The first-order valence-electron chi connectivity index (χ1n) is 17.0. The second kappa shape index (κ2) is 15.8. The van der Waals surface area contributed by atoms with Gasteiger partial charge in [-0.25, -0.2) is 9.59 Å². The monoisotopic (exact) mass is 730 g/mol. The van der Waals surface area contributed by atoms with Crippen LogP contribution in [0.2, 0.25) is 0 Å². The number of rotatable bonds is 7. The molecule has 0 saturated carbocycles. The molecule has 0 atom stereocenters. The predicted molar refractivity (Wildman–Crippen MR) is 196 cm³/mol. The van der Waals surface area contributed by atoms with Crippen molar-refractivity contribution in [2.45, 2.75) is 70.4 Å². The Kier molecular flexibility index (Phi) is 11.4. The van der Waals surface area contributed by atoms with E-state index < -0.39 is 23.9 Å². The van der Waals surface area contributed by atoms with Crippen LogP contribution in [0, 0.1) is 0 Å². The van der Waals surface area contributed by atoms with Crippen molar-refractivity contribution in [3.05, 3.63) is 113 Å². The fraction of sp³-hybridized carbons (Fsp3) is 0.300.